The molecule has 3 atom stereocenters. The van der Waals surface area contributed by atoms with Crippen molar-refractivity contribution in [2.45, 2.75) is 43.4 Å². The molecule has 33 heavy (non-hydrogen) atoms. The molecule has 2 aromatic rings. The Hall–Kier alpha value is -2.43. The fourth-order valence-corrected chi connectivity index (χ4v) is 4.52. The Bertz CT molecular complexity index is 1070. The number of halogens is 10. The molecule has 1 aliphatic carbocycles. The molecule has 1 saturated carbocycles. The van der Waals surface area contributed by atoms with E-state index in [1.807, 2.05) is 0 Å². The average Bonchev–Trinajstić information content (AvgIpc) is 3.28. The Labute approximate surface area is 186 Å². The molecule has 0 bridgehead atoms. The second-order valence-corrected chi connectivity index (χ2v) is 8.26. The van der Waals surface area contributed by atoms with Crippen molar-refractivity contribution < 1.29 is 44.4 Å². The monoisotopic (exact) mass is 501 g/mol. The molecule has 1 aliphatic heterocycles. The summed E-state index contributed by atoms with van der Waals surface area (Å²) in [6, 6.07) is 3.93. The summed E-state index contributed by atoms with van der Waals surface area (Å²) in [7, 11) is 0. The van der Waals surface area contributed by atoms with E-state index in [0.717, 1.165) is 18.2 Å². The molecule has 12 heteroatoms. The van der Waals surface area contributed by atoms with Gasteiger partial charge in [0.25, 0.3) is 0 Å². The molecule has 3 unspecified atom stereocenters. The van der Waals surface area contributed by atoms with Gasteiger partial charge in [0.1, 0.15) is 0 Å². The molecule has 0 radical (unpaired) electrons. The van der Waals surface area contributed by atoms with Crippen molar-refractivity contribution in [3.63, 3.8) is 0 Å². The number of hydrogen-bond donors (Lipinski definition) is 0. The summed E-state index contributed by atoms with van der Waals surface area (Å²) in [4.78, 5) is 5.22. The minimum Gasteiger partial charge on any atom is -0.387 e. The van der Waals surface area contributed by atoms with Crippen molar-refractivity contribution in [2.24, 2.45) is 11.1 Å². The second kappa shape index (κ2) is 7.82. The highest BCUT2D eigenvalue weighted by molar-refractivity contribution is 6.31. The average molecular weight is 502 g/mol. The molecule has 2 aliphatic rings. The zero-order valence-corrected chi connectivity index (χ0v) is 17.0. The normalized spacial score (nSPS) is 23.3. The summed E-state index contributed by atoms with van der Waals surface area (Å²) < 4.78 is 119. The van der Waals surface area contributed by atoms with Crippen LogP contribution in [0, 0.1) is 5.92 Å². The number of alkyl halides is 9. The minimum absolute atomic E-state index is 0.0140. The van der Waals surface area contributed by atoms with Gasteiger partial charge in [-0.2, -0.15) is 39.5 Å². The highest BCUT2D eigenvalue weighted by atomic mass is 35.5. The molecule has 178 valence electrons. The standard InChI is InChI=1S/C21H13ClF9NO/c22-16-4-1-10(19(23,24)25)8-15(16)13-2-3-14-17(13)32-33-18(14)9-5-11(20(26,27)28)7-12(6-9)21(29,30)31/h1,4-8,13-14,18H,2-3H2. The topological polar surface area (TPSA) is 21.6 Å². The Kier molecular flexibility index (Phi) is 5.62. The molecule has 2 nitrogen and oxygen atoms in total. The summed E-state index contributed by atoms with van der Waals surface area (Å²) in [5, 5.41) is 3.88. The minimum atomic E-state index is -5.03. The van der Waals surface area contributed by atoms with E-state index in [1.54, 1.807) is 0 Å². The van der Waals surface area contributed by atoms with Gasteiger partial charge in [-0.25, -0.2) is 0 Å². The zero-order chi connectivity index (χ0) is 24.3. The third-order valence-electron chi connectivity index (χ3n) is 5.78. The fourth-order valence-electron chi connectivity index (χ4n) is 4.27. The number of benzene rings is 2. The van der Waals surface area contributed by atoms with Gasteiger partial charge in [0, 0.05) is 16.9 Å². The molecule has 0 N–H and O–H groups in total. The van der Waals surface area contributed by atoms with E-state index in [1.165, 1.54) is 0 Å². The highest BCUT2D eigenvalue weighted by Crippen LogP contribution is 2.50. The van der Waals surface area contributed by atoms with Crippen LogP contribution in [-0.2, 0) is 23.4 Å². The van der Waals surface area contributed by atoms with Crippen molar-refractivity contribution >= 4 is 17.3 Å². The van der Waals surface area contributed by atoms with Crippen LogP contribution in [0.2, 0.25) is 5.02 Å². The van der Waals surface area contributed by atoms with E-state index in [2.05, 4.69) is 5.16 Å². The van der Waals surface area contributed by atoms with E-state index in [0.29, 0.717) is 12.1 Å². The van der Waals surface area contributed by atoms with Crippen LogP contribution in [-0.4, -0.2) is 5.71 Å². The van der Waals surface area contributed by atoms with Crippen LogP contribution >= 0.6 is 11.6 Å². The third-order valence-corrected chi connectivity index (χ3v) is 6.12. The van der Waals surface area contributed by atoms with Crippen LogP contribution in [0.1, 0.15) is 52.7 Å². The van der Waals surface area contributed by atoms with E-state index >= 15 is 0 Å². The zero-order valence-electron chi connectivity index (χ0n) is 16.2. The van der Waals surface area contributed by atoms with Gasteiger partial charge in [-0.05, 0) is 60.4 Å². The van der Waals surface area contributed by atoms with E-state index in [9.17, 15) is 39.5 Å². The third kappa shape index (κ3) is 4.51. The first-order valence-electron chi connectivity index (χ1n) is 9.56. The van der Waals surface area contributed by atoms with Crippen molar-refractivity contribution in [2.75, 3.05) is 0 Å². The Morgan fingerprint density at radius 2 is 1.33 bits per heavy atom. The number of fused-ring (bicyclic) bond motifs is 1. The van der Waals surface area contributed by atoms with Crippen LogP contribution in [0.3, 0.4) is 0 Å². The maximum Gasteiger partial charge on any atom is 0.416 e. The van der Waals surface area contributed by atoms with Gasteiger partial charge < -0.3 is 4.84 Å². The number of nitrogens with zero attached hydrogens (tertiary/aromatic N) is 1. The molecule has 0 amide bonds. The van der Waals surface area contributed by atoms with Gasteiger partial charge in [0.15, 0.2) is 6.10 Å². The summed E-state index contributed by atoms with van der Waals surface area (Å²) in [6.07, 6.45) is -15.4. The number of rotatable bonds is 2. The fraction of sp³-hybridized carbons (Fsp3) is 0.381. The highest BCUT2D eigenvalue weighted by Gasteiger charge is 2.47. The summed E-state index contributed by atoms with van der Waals surface area (Å²) in [5.74, 6) is -1.41. The summed E-state index contributed by atoms with van der Waals surface area (Å²) >= 11 is 6.10. The molecule has 1 heterocycles. The first kappa shape index (κ1) is 23.7. The summed E-state index contributed by atoms with van der Waals surface area (Å²) in [6.45, 7) is 0. The Morgan fingerprint density at radius 1 is 0.758 bits per heavy atom. The number of oxime groups is 1. The smallest absolute Gasteiger partial charge is 0.387 e. The van der Waals surface area contributed by atoms with Crippen molar-refractivity contribution in [3.05, 3.63) is 69.2 Å². The van der Waals surface area contributed by atoms with Gasteiger partial charge in [0.05, 0.1) is 22.4 Å². The van der Waals surface area contributed by atoms with Crippen molar-refractivity contribution in [1.82, 2.24) is 0 Å². The lowest BCUT2D eigenvalue weighted by Gasteiger charge is -2.19. The lowest BCUT2D eigenvalue weighted by atomic mass is 9.88. The molecule has 0 saturated heterocycles. The molecule has 0 aromatic heterocycles. The van der Waals surface area contributed by atoms with Gasteiger partial charge in [-0.15, -0.1) is 0 Å². The van der Waals surface area contributed by atoms with Crippen LogP contribution in [0.4, 0.5) is 39.5 Å². The maximum absolute atomic E-state index is 13.2. The first-order valence-corrected chi connectivity index (χ1v) is 9.93. The molecular weight excluding hydrogens is 489 g/mol. The van der Waals surface area contributed by atoms with Crippen LogP contribution in [0.25, 0.3) is 0 Å². The number of hydrogen-bond acceptors (Lipinski definition) is 2. The Morgan fingerprint density at radius 3 is 1.88 bits per heavy atom. The lowest BCUT2D eigenvalue weighted by Crippen LogP contribution is -2.18. The SMILES string of the molecule is FC(F)(F)c1cc(C2ON=C3C(c4cc(C(F)(F)F)ccc4Cl)CCC32)cc(C(F)(F)F)c1. The van der Waals surface area contributed by atoms with Gasteiger partial charge in [-0.1, -0.05) is 16.8 Å². The molecule has 2 aromatic carbocycles. The quantitative estimate of drug-likeness (QED) is 0.382. The molecular formula is C21H13ClF9NO. The predicted octanol–water partition coefficient (Wildman–Crippen LogP) is 8.02. The molecule has 4 rings (SSSR count). The van der Waals surface area contributed by atoms with E-state index < -0.39 is 53.2 Å². The molecule has 0 spiro atoms. The van der Waals surface area contributed by atoms with Crippen LogP contribution < -0.4 is 0 Å². The first-order chi connectivity index (χ1) is 15.2. The van der Waals surface area contributed by atoms with Gasteiger partial charge >= 0.3 is 18.5 Å². The van der Waals surface area contributed by atoms with E-state index in [4.69, 9.17) is 16.4 Å². The summed E-state index contributed by atoms with van der Waals surface area (Å²) in [5.41, 5.74) is -3.91. The maximum atomic E-state index is 13.2. The Balaban J connectivity index is 1.69. The van der Waals surface area contributed by atoms with Crippen LogP contribution in [0.5, 0.6) is 0 Å². The van der Waals surface area contributed by atoms with Gasteiger partial charge in [-0.3, -0.25) is 0 Å². The van der Waals surface area contributed by atoms with Gasteiger partial charge in [0.2, 0.25) is 0 Å². The van der Waals surface area contributed by atoms with Crippen molar-refractivity contribution in [3.8, 4) is 0 Å². The largest absolute Gasteiger partial charge is 0.416 e. The van der Waals surface area contributed by atoms with E-state index in [-0.39, 0.29) is 40.8 Å². The lowest BCUT2D eigenvalue weighted by molar-refractivity contribution is -0.143. The molecule has 1 fully saturated rings. The second-order valence-electron chi connectivity index (χ2n) is 7.85. The predicted molar refractivity (Wildman–Crippen MR) is 99.6 cm³/mol. The van der Waals surface area contributed by atoms with Crippen molar-refractivity contribution in [1.29, 1.82) is 0 Å². The van der Waals surface area contributed by atoms with Crippen LogP contribution in [0.15, 0.2) is 41.6 Å².